The predicted molar refractivity (Wildman–Crippen MR) is 42.2 cm³/mol. The van der Waals surface area contributed by atoms with Crippen LogP contribution in [0.15, 0.2) is 29.2 Å². The van der Waals surface area contributed by atoms with Gasteiger partial charge in [-0.25, -0.2) is 8.42 Å². The zero-order chi connectivity index (χ0) is 9.19. The standard InChI is InChI=1S/C6H8N2O3S.K/c7-8-5-3-1-2-4-6(5)12(9,10)11;/h1-4,8H,7H2,(H,9,10,11);/q;+1/p-1. The number of hydrazine groups is 1. The Kier molecular flexibility index (Phi) is 5.64. The van der Waals surface area contributed by atoms with Gasteiger partial charge in [0, 0.05) is 0 Å². The van der Waals surface area contributed by atoms with Crippen LogP contribution in [-0.2, 0) is 10.1 Å². The third-order valence-corrected chi connectivity index (χ3v) is 2.21. The van der Waals surface area contributed by atoms with Gasteiger partial charge in [-0.15, -0.1) is 0 Å². The number of nitrogens with one attached hydrogen (secondary N) is 1. The summed E-state index contributed by atoms with van der Waals surface area (Å²) < 4.78 is 31.7. The first kappa shape index (κ1) is 13.5. The summed E-state index contributed by atoms with van der Waals surface area (Å²) in [7, 11) is -4.44. The van der Waals surface area contributed by atoms with Crippen LogP contribution in [-0.4, -0.2) is 13.0 Å². The maximum Gasteiger partial charge on any atom is 1.00 e. The molecule has 0 atom stereocenters. The van der Waals surface area contributed by atoms with Crippen LogP contribution in [0.4, 0.5) is 5.69 Å². The Bertz CT molecular complexity index is 379. The number of benzene rings is 1. The quantitative estimate of drug-likeness (QED) is 0.241. The van der Waals surface area contributed by atoms with Gasteiger partial charge in [-0.05, 0) is 12.1 Å². The minimum absolute atomic E-state index is 0. The van der Waals surface area contributed by atoms with Gasteiger partial charge in [0.15, 0.2) is 0 Å². The minimum Gasteiger partial charge on any atom is -0.744 e. The molecule has 0 saturated heterocycles. The van der Waals surface area contributed by atoms with Crippen molar-refractivity contribution in [3.05, 3.63) is 24.3 Å². The van der Waals surface area contributed by atoms with Crippen molar-refractivity contribution in [1.29, 1.82) is 0 Å². The van der Waals surface area contributed by atoms with E-state index in [1.165, 1.54) is 18.2 Å². The average molecular weight is 226 g/mol. The van der Waals surface area contributed by atoms with Crippen LogP contribution in [0.2, 0.25) is 0 Å². The number of nitrogen functional groups attached to an aromatic ring is 1. The molecule has 66 valence electrons. The topological polar surface area (TPSA) is 95.2 Å². The van der Waals surface area contributed by atoms with Gasteiger partial charge in [-0.2, -0.15) is 0 Å². The molecule has 1 rings (SSSR count). The molecule has 0 spiro atoms. The van der Waals surface area contributed by atoms with E-state index in [1.807, 2.05) is 0 Å². The molecule has 5 nitrogen and oxygen atoms in total. The summed E-state index contributed by atoms with van der Waals surface area (Å²) in [6.45, 7) is 0. The third kappa shape index (κ3) is 3.64. The first-order valence-corrected chi connectivity index (χ1v) is 4.48. The maximum atomic E-state index is 10.6. The van der Waals surface area contributed by atoms with Gasteiger partial charge in [0.25, 0.3) is 0 Å². The van der Waals surface area contributed by atoms with Gasteiger partial charge in [0.2, 0.25) is 0 Å². The van der Waals surface area contributed by atoms with Gasteiger partial charge in [0.1, 0.15) is 10.1 Å². The smallest absolute Gasteiger partial charge is 0.744 e. The first-order valence-electron chi connectivity index (χ1n) is 3.07. The van der Waals surface area contributed by atoms with Crippen LogP contribution in [0.1, 0.15) is 0 Å². The van der Waals surface area contributed by atoms with Crippen molar-refractivity contribution >= 4 is 15.8 Å². The summed E-state index contributed by atoms with van der Waals surface area (Å²) in [5.41, 5.74) is 2.23. The number of rotatable bonds is 2. The van der Waals surface area contributed by atoms with Gasteiger partial charge in [-0.3, -0.25) is 5.84 Å². The van der Waals surface area contributed by atoms with E-state index >= 15 is 0 Å². The largest absolute Gasteiger partial charge is 1.00 e. The second kappa shape index (κ2) is 5.42. The van der Waals surface area contributed by atoms with Crippen LogP contribution in [0, 0.1) is 0 Å². The SMILES string of the molecule is NNc1ccccc1S(=O)(=O)[O-].[K+]. The summed E-state index contributed by atoms with van der Waals surface area (Å²) in [4.78, 5) is -0.340. The molecule has 0 aliphatic heterocycles. The predicted octanol–water partition coefficient (Wildman–Crippen LogP) is -3.12. The Morgan fingerprint density at radius 2 is 1.85 bits per heavy atom. The van der Waals surface area contributed by atoms with Crippen LogP contribution in [0.25, 0.3) is 0 Å². The zero-order valence-electron chi connectivity index (χ0n) is 7.02. The molecule has 0 fully saturated rings. The van der Waals surface area contributed by atoms with E-state index in [9.17, 15) is 13.0 Å². The van der Waals surface area contributed by atoms with Crippen molar-refractivity contribution in [1.82, 2.24) is 0 Å². The third-order valence-electron chi connectivity index (χ3n) is 1.31. The fraction of sp³-hybridized carbons (Fsp3) is 0. The maximum absolute atomic E-state index is 10.6. The fourth-order valence-electron chi connectivity index (χ4n) is 0.804. The average Bonchev–Trinajstić information content (AvgIpc) is 2.03. The van der Waals surface area contributed by atoms with Crippen molar-refractivity contribution in [2.45, 2.75) is 4.90 Å². The van der Waals surface area contributed by atoms with E-state index < -0.39 is 10.1 Å². The van der Waals surface area contributed by atoms with Crippen molar-refractivity contribution < 1.29 is 64.4 Å². The number of nitrogens with two attached hydrogens (primary N) is 1. The van der Waals surface area contributed by atoms with Gasteiger partial charge in [0.05, 0.1) is 10.6 Å². The number of para-hydroxylation sites is 1. The van der Waals surface area contributed by atoms with Gasteiger partial charge in [-0.1, -0.05) is 12.1 Å². The Morgan fingerprint density at radius 3 is 2.23 bits per heavy atom. The molecule has 3 N–H and O–H groups in total. The monoisotopic (exact) mass is 226 g/mol. The van der Waals surface area contributed by atoms with E-state index in [-0.39, 0.29) is 62.0 Å². The molecular weight excluding hydrogens is 219 g/mol. The summed E-state index contributed by atoms with van der Waals surface area (Å²) in [6, 6.07) is 5.62. The summed E-state index contributed by atoms with van der Waals surface area (Å²) in [5.74, 6) is 4.99. The molecule has 7 heteroatoms. The second-order valence-corrected chi connectivity index (χ2v) is 3.44. The molecule has 0 amide bonds. The number of hydrogen-bond donors (Lipinski definition) is 2. The van der Waals surface area contributed by atoms with Gasteiger partial charge < -0.3 is 9.98 Å². The first-order chi connectivity index (χ1) is 5.55. The van der Waals surface area contributed by atoms with Crippen LogP contribution < -0.4 is 62.7 Å². The number of anilines is 1. The van der Waals surface area contributed by atoms with E-state index in [1.54, 1.807) is 6.07 Å². The Morgan fingerprint density at radius 1 is 1.31 bits per heavy atom. The van der Waals surface area contributed by atoms with Crippen LogP contribution in [0.3, 0.4) is 0 Å². The molecule has 0 aromatic heterocycles. The van der Waals surface area contributed by atoms with Crippen molar-refractivity contribution in [2.75, 3.05) is 5.43 Å². The molecule has 1 aromatic rings. The molecule has 0 unspecified atom stereocenters. The molecule has 0 aliphatic rings. The van der Waals surface area contributed by atoms with Crippen molar-refractivity contribution in [2.24, 2.45) is 5.84 Å². The van der Waals surface area contributed by atoms with E-state index in [2.05, 4.69) is 5.43 Å². The van der Waals surface area contributed by atoms with Crippen molar-refractivity contribution in [3.8, 4) is 0 Å². The molecule has 1 aromatic carbocycles. The Hall–Kier alpha value is 0.526. The van der Waals surface area contributed by atoms with E-state index in [4.69, 9.17) is 5.84 Å². The molecule has 13 heavy (non-hydrogen) atoms. The van der Waals surface area contributed by atoms with Crippen LogP contribution >= 0.6 is 0 Å². The summed E-state index contributed by atoms with van der Waals surface area (Å²) in [6.07, 6.45) is 0. The molecule has 0 aliphatic carbocycles. The minimum atomic E-state index is -4.44. The molecule has 0 radical (unpaired) electrons. The van der Waals surface area contributed by atoms with E-state index in [0.29, 0.717) is 0 Å². The molecule has 0 heterocycles. The second-order valence-electron chi connectivity index (χ2n) is 2.09. The van der Waals surface area contributed by atoms with Crippen molar-refractivity contribution in [3.63, 3.8) is 0 Å². The van der Waals surface area contributed by atoms with Crippen LogP contribution in [0.5, 0.6) is 0 Å². The zero-order valence-corrected chi connectivity index (χ0v) is 11.0. The Balaban J connectivity index is 0.00000144. The Labute approximate surface area is 119 Å². The molecule has 0 bridgehead atoms. The normalized spacial score (nSPS) is 10.3. The molecule has 0 saturated carbocycles. The summed E-state index contributed by atoms with van der Waals surface area (Å²) >= 11 is 0. The summed E-state index contributed by atoms with van der Waals surface area (Å²) in [5, 5.41) is 0. The van der Waals surface area contributed by atoms with E-state index in [0.717, 1.165) is 0 Å². The van der Waals surface area contributed by atoms with Gasteiger partial charge >= 0.3 is 51.4 Å². The fourth-order valence-corrected chi connectivity index (χ4v) is 1.45. The number of hydrogen-bond acceptors (Lipinski definition) is 5. The molecular formula is C6H7KN2O3S.